The number of rotatable bonds is 5. The van der Waals surface area contributed by atoms with E-state index in [0.29, 0.717) is 0 Å². The van der Waals surface area contributed by atoms with E-state index in [-0.39, 0.29) is 11.9 Å². The number of carbonyl (C=O) groups excluding carboxylic acids is 1. The fourth-order valence-corrected chi connectivity index (χ4v) is 3.50. The molecule has 1 amide bonds. The number of anilines is 1. The zero-order chi connectivity index (χ0) is 20.7. The first-order chi connectivity index (χ1) is 13.8. The van der Waals surface area contributed by atoms with E-state index in [1.54, 1.807) is 16.3 Å². The van der Waals surface area contributed by atoms with E-state index in [4.69, 9.17) is 4.74 Å². The third-order valence-electron chi connectivity index (χ3n) is 5.69. The second-order valence-electron chi connectivity index (χ2n) is 7.67. The van der Waals surface area contributed by atoms with Crippen molar-refractivity contribution in [1.82, 2.24) is 24.7 Å². The Balaban J connectivity index is 1.37. The minimum atomic E-state index is -0.538. The summed E-state index contributed by atoms with van der Waals surface area (Å²) in [7, 11) is 1.84. The third kappa shape index (κ3) is 3.50. The van der Waals surface area contributed by atoms with Crippen molar-refractivity contribution in [2.45, 2.75) is 39.8 Å². The van der Waals surface area contributed by atoms with Crippen LogP contribution in [0.5, 0.6) is 5.75 Å². The van der Waals surface area contributed by atoms with Gasteiger partial charge >= 0.3 is 0 Å². The lowest BCUT2D eigenvalue weighted by Gasteiger charge is -2.45. The van der Waals surface area contributed by atoms with Crippen molar-refractivity contribution in [2.75, 3.05) is 25.0 Å². The van der Waals surface area contributed by atoms with Crippen LogP contribution >= 0.6 is 0 Å². The molecule has 1 atom stereocenters. The lowest BCUT2D eigenvalue weighted by Crippen LogP contribution is -2.61. The Morgan fingerprint density at radius 2 is 1.93 bits per heavy atom. The molecule has 3 aromatic rings. The zero-order valence-corrected chi connectivity index (χ0v) is 17.5. The van der Waals surface area contributed by atoms with Crippen LogP contribution in [0.25, 0.3) is 5.65 Å². The van der Waals surface area contributed by atoms with E-state index < -0.39 is 6.10 Å². The van der Waals surface area contributed by atoms with Gasteiger partial charge < -0.3 is 14.5 Å². The summed E-state index contributed by atoms with van der Waals surface area (Å²) < 4.78 is 7.69. The normalized spacial score (nSPS) is 15.3. The van der Waals surface area contributed by atoms with E-state index in [2.05, 4.69) is 20.2 Å². The minimum absolute atomic E-state index is 0.0198. The lowest BCUT2D eigenvalue weighted by molar-refractivity contribution is -0.139. The first-order valence-corrected chi connectivity index (χ1v) is 9.78. The fourth-order valence-electron chi connectivity index (χ4n) is 3.50. The number of amides is 1. The highest BCUT2D eigenvalue weighted by atomic mass is 16.5. The molecule has 29 heavy (non-hydrogen) atoms. The molecule has 1 fully saturated rings. The molecule has 0 aliphatic carbocycles. The van der Waals surface area contributed by atoms with Gasteiger partial charge in [-0.05, 0) is 57.0 Å². The maximum Gasteiger partial charge on any atom is 0.263 e. The smallest absolute Gasteiger partial charge is 0.263 e. The monoisotopic (exact) mass is 394 g/mol. The quantitative estimate of drug-likeness (QED) is 0.660. The number of aromatic nitrogens is 4. The van der Waals surface area contributed by atoms with Gasteiger partial charge in [-0.1, -0.05) is 12.1 Å². The molecule has 8 nitrogen and oxygen atoms in total. The van der Waals surface area contributed by atoms with Gasteiger partial charge in [-0.25, -0.2) is 0 Å². The zero-order valence-electron chi connectivity index (χ0n) is 17.5. The second-order valence-corrected chi connectivity index (χ2v) is 7.67. The van der Waals surface area contributed by atoms with Gasteiger partial charge in [-0.2, -0.15) is 4.52 Å². The van der Waals surface area contributed by atoms with Crippen molar-refractivity contribution < 1.29 is 9.53 Å². The molecule has 2 aromatic heterocycles. The van der Waals surface area contributed by atoms with Crippen LogP contribution in [0.2, 0.25) is 0 Å². The van der Waals surface area contributed by atoms with Gasteiger partial charge in [0.25, 0.3) is 5.91 Å². The molecular formula is C21H26N6O2. The summed E-state index contributed by atoms with van der Waals surface area (Å²) in [4.78, 5) is 16.8. The van der Waals surface area contributed by atoms with E-state index in [1.165, 1.54) is 0 Å². The standard InChI is InChI=1S/C21H26N6O2/c1-13-7-6-8-18(14(13)2)29-15(3)21(28)25(5)17-11-26(12-17)20-10-9-19-23-22-16(4)27(19)24-20/h6-10,15,17H,11-12H2,1-5H3. The average Bonchev–Trinajstić information content (AvgIpc) is 3.04. The van der Waals surface area contributed by atoms with Crippen LogP contribution in [0.15, 0.2) is 30.3 Å². The number of hydrogen-bond donors (Lipinski definition) is 0. The number of hydrogen-bond acceptors (Lipinski definition) is 6. The van der Waals surface area contributed by atoms with Gasteiger partial charge in [-0.3, -0.25) is 4.79 Å². The topological polar surface area (TPSA) is 75.9 Å². The molecule has 1 aromatic carbocycles. The van der Waals surface area contributed by atoms with Crippen LogP contribution in [0.1, 0.15) is 23.9 Å². The summed E-state index contributed by atoms with van der Waals surface area (Å²) in [5, 5.41) is 12.7. The first-order valence-electron chi connectivity index (χ1n) is 9.78. The Kier molecular flexibility index (Phi) is 4.86. The van der Waals surface area contributed by atoms with Crippen molar-refractivity contribution in [3.05, 3.63) is 47.3 Å². The summed E-state index contributed by atoms with van der Waals surface area (Å²) >= 11 is 0. The Bertz CT molecular complexity index is 1060. The molecule has 1 aliphatic rings. The molecular weight excluding hydrogens is 368 g/mol. The highest BCUT2D eigenvalue weighted by Gasteiger charge is 2.35. The second kappa shape index (κ2) is 7.35. The number of likely N-dealkylation sites (N-methyl/N-ethyl adjacent to an activating group) is 1. The van der Waals surface area contributed by atoms with Gasteiger partial charge in [0.15, 0.2) is 17.6 Å². The van der Waals surface area contributed by atoms with E-state index in [9.17, 15) is 4.79 Å². The summed E-state index contributed by atoms with van der Waals surface area (Å²) in [6.07, 6.45) is -0.538. The Morgan fingerprint density at radius 1 is 1.17 bits per heavy atom. The maximum atomic E-state index is 12.9. The molecule has 0 saturated carbocycles. The molecule has 8 heteroatoms. The summed E-state index contributed by atoms with van der Waals surface area (Å²) in [6.45, 7) is 9.20. The SMILES string of the molecule is Cc1cccc(OC(C)C(=O)N(C)C2CN(c3ccc4nnc(C)n4n3)C2)c1C. The number of aryl methyl sites for hydroxylation is 2. The van der Waals surface area contributed by atoms with Gasteiger partial charge in [0, 0.05) is 20.1 Å². The van der Waals surface area contributed by atoms with Crippen molar-refractivity contribution >= 4 is 17.4 Å². The Hall–Kier alpha value is -3.16. The number of fused-ring (bicyclic) bond motifs is 1. The molecule has 0 spiro atoms. The largest absolute Gasteiger partial charge is 0.481 e. The summed E-state index contributed by atoms with van der Waals surface area (Å²) in [6, 6.07) is 9.87. The van der Waals surface area contributed by atoms with Crippen LogP contribution in [0, 0.1) is 20.8 Å². The number of carbonyl (C=O) groups is 1. The van der Waals surface area contributed by atoms with Crippen LogP contribution < -0.4 is 9.64 Å². The third-order valence-corrected chi connectivity index (χ3v) is 5.69. The van der Waals surface area contributed by atoms with Gasteiger partial charge in [0.05, 0.1) is 6.04 Å². The summed E-state index contributed by atoms with van der Waals surface area (Å²) in [5.74, 6) is 2.35. The number of ether oxygens (including phenoxy) is 1. The fraction of sp³-hybridized carbons (Fsp3) is 0.429. The molecule has 0 N–H and O–H groups in total. The molecule has 4 rings (SSSR count). The molecule has 1 aliphatic heterocycles. The van der Waals surface area contributed by atoms with Crippen molar-refractivity contribution in [1.29, 1.82) is 0 Å². The maximum absolute atomic E-state index is 12.9. The van der Waals surface area contributed by atoms with Crippen molar-refractivity contribution in [2.24, 2.45) is 0 Å². The Morgan fingerprint density at radius 3 is 2.69 bits per heavy atom. The van der Waals surface area contributed by atoms with Crippen molar-refractivity contribution in [3.8, 4) is 5.75 Å². The van der Waals surface area contributed by atoms with Gasteiger partial charge in [-0.15, -0.1) is 15.3 Å². The predicted molar refractivity (Wildman–Crippen MR) is 110 cm³/mol. The molecule has 1 unspecified atom stereocenters. The Labute approximate surface area is 170 Å². The van der Waals surface area contributed by atoms with E-state index in [1.807, 2.05) is 58.2 Å². The van der Waals surface area contributed by atoms with Gasteiger partial charge in [0.2, 0.25) is 0 Å². The van der Waals surface area contributed by atoms with Crippen LogP contribution in [-0.4, -0.2) is 62.9 Å². The van der Waals surface area contributed by atoms with E-state index >= 15 is 0 Å². The number of benzene rings is 1. The van der Waals surface area contributed by atoms with Crippen LogP contribution in [-0.2, 0) is 4.79 Å². The predicted octanol–water partition coefficient (Wildman–Crippen LogP) is 2.16. The van der Waals surface area contributed by atoms with Crippen LogP contribution in [0.4, 0.5) is 5.82 Å². The molecule has 0 bridgehead atoms. The van der Waals surface area contributed by atoms with Crippen molar-refractivity contribution in [3.63, 3.8) is 0 Å². The number of nitrogens with zero attached hydrogens (tertiary/aromatic N) is 6. The lowest BCUT2D eigenvalue weighted by atomic mass is 10.1. The first kappa shape index (κ1) is 19.2. The summed E-state index contributed by atoms with van der Waals surface area (Å²) in [5.41, 5.74) is 2.95. The molecule has 1 saturated heterocycles. The van der Waals surface area contributed by atoms with Crippen LogP contribution in [0.3, 0.4) is 0 Å². The average molecular weight is 394 g/mol. The highest BCUT2D eigenvalue weighted by Crippen LogP contribution is 2.24. The molecule has 3 heterocycles. The van der Waals surface area contributed by atoms with Gasteiger partial charge in [0.1, 0.15) is 11.6 Å². The molecule has 0 radical (unpaired) electrons. The molecule has 152 valence electrons. The highest BCUT2D eigenvalue weighted by molar-refractivity contribution is 5.81. The minimum Gasteiger partial charge on any atom is -0.481 e. The van der Waals surface area contributed by atoms with E-state index in [0.717, 1.165) is 47.3 Å².